The molecule has 1 aromatic heterocycles. The van der Waals surface area contributed by atoms with Crippen molar-refractivity contribution in [3.05, 3.63) is 17.5 Å². The molecule has 118 valence electrons. The van der Waals surface area contributed by atoms with Crippen LogP contribution < -0.4 is 0 Å². The van der Waals surface area contributed by atoms with Gasteiger partial charge in [-0.2, -0.15) is 5.10 Å². The predicted octanol–water partition coefficient (Wildman–Crippen LogP) is 1.21. The van der Waals surface area contributed by atoms with Crippen molar-refractivity contribution in [1.29, 1.82) is 0 Å². The molecule has 0 aliphatic carbocycles. The smallest absolute Gasteiger partial charge is 0.157 e. The van der Waals surface area contributed by atoms with Crippen LogP contribution in [0.2, 0.25) is 0 Å². The van der Waals surface area contributed by atoms with Crippen molar-refractivity contribution in [2.24, 2.45) is 0 Å². The summed E-state index contributed by atoms with van der Waals surface area (Å²) >= 11 is 0. The first-order valence-corrected chi connectivity index (χ1v) is 8.02. The number of Topliss-reactive ketones (excluding diaryl/α,β-unsaturated/α-hetero) is 1. The van der Waals surface area contributed by atoms with E-state index in [0.717, 1.165) is 50.4 Å². The fourth-order valence-electron chi connectivity index (χ4n) is 3.02. The second-order valence-corrected chi connectivity index (χ2v) is 6.05. The third-order valence-electron chi connectivity index (χ3n) is 4.37. The summed E-state index contributed by atoms with van der Waals surface area (Å²) < 4.78 is 1.97. The highest BCUT2D eigenvalue weighted by Crippen LogP contribution is 2.13. The molecule has 1 aliphatic heterocycles. The Hall–Kier alpha value is -1.20. The molecule has 0 amide bonds. The van der Waals surface area contributed by atoms with Crippen molar-refractivity contribution < 1.29 is 4.79 Å². The highest BCUT2D eigenvalue weighted by Gasteiger charge is 2.27. The Kier molecular flexibility index (Phi) is 5.53. The zero-order valence-electron chi connectivity index (χ0n) is 13.8. The van der Waals surface area contributed by atoms with Crippen molar-refractivity contribution in [1.82, 2.24) is 19.6 Å². The fraction of sp³-hybridized carbons (Fsp3) is 0.750. The normalized spacial score (nSPS) is 21.4. The summed E-state index contributed by atoms with van der Waals surface area (Å²) in [5, 5.41) is 4.54. The SMILES string of the molecule is CCc1cc(CC(=O)C2CN(C)CCCN2C)n(CC)n1. The first kappa shape index (κ1) is 16.2. The Balaban J connectivity index is 2.10. The van der Waals surface area contributed by atoms with Crippen LogP contribution in [0.3, 0.4) is 0 Å². The Morgan fingerprint density at radius 2 is 2.10 bits per heavy atom. The zero-order valence-corrected chi connectivity index (χ0v) is 13.8. The van der Waals surface area contributed by atoms with Gasteiger partial charge in [-0.1, -0.05) is 6.92 Å². The molecule has 1 aliphatic rings. The van der Waals surface area contributed by atoms with Gasteiger partial charge in [-0.3, -0.25) is 14.4 Å². The number of carbonyl (C=O) groups is 1. The van der Waals surface area contributed by atoms with Crippen LogP contribution in [-0.4, -0.2) is 65.1 Å². The second kappa shape index (κ2) is 7.18. The summed E-state index contributed by atoms with van der Waals surface area (Å²) in [5.41, 5.74) is 2.13. The lowest BCUT2D eigenvalue weighted by molar-refractivity contribution is -0.123. The molecule has 1 saturated heterocycles. The lowest BCUT2D eigenvalue weighted by Crippen LogP contribution is -2.44. The van der Waals surface area contributed by atoms with Gasteiger partial charge in [0.05, 0.1) is 18.2 Å². The molecule has 2 heterocycles. The van der Waals surface area contributed by atoms with E-state index in [2.05, 4.69) is 48.9 Å². The van der Waals surface area contributed by atoms with Gasteiger partial charge < -0.3 is 4.90 Å². The zero-order chi connectivity index (χ0) is 15.4. The first-order chi connectivity index (χ1) is 10.0. The van der Waals surface area contributed by atoms with Crippen LogP contribution >= 0.6 is 0 Å². The summed E-state index contributed by atoms with van der Waals surface area (Å²) in [5.74, 6) is 0.309. The van der Waals surface area contributed by atoms with E-state index in [-0.39, 0.29) is 6.04 Å². The van der Waals surface area contributed by atoms with E-state index >= 15 is 0 Å². The Morgan fingerprint density at radius 1 is 1.33 bits per heavy atom. The van der Waals surface area contributed by atoms with Crippen LogP contribution in [0.15, 0.2) is 6.07 Å². The molecule has 1 aromatic rings. The van der Waals surface area contributed by atoms with Crippen molar-refractivity contribution in [2.45, 2.75) is 45.7 Å². The number of nitrogens with zero attached hydrogens (tertiary/aromatic N) is 4. The van der Waals surface area contributed by atoms with E-state index < -0.39 is 0 Å². The van der Waals surface area contributed by atoms with E-state index in [1.165, 1.54) is 0 Å². The minimum Gasteiger partial charge on any atom is -0.304 e. The van der Waals surface area contributed by atoms with Gasteiger partial charge in [-0.25, -0.2) is 0 Å². The summed E-state index contributed by atoms with van der Waals surface area (Å²) in [4.78, 5) is 17.2. The average Bonchev–Trinajstić information content (AvgIpc) is 2.77. The summed E-state index contributed by atoms with van der Waals surface area (Å²) in [6, 6.07) is 2.09. The van der Waals surface area contributed by atoms with Crippen LogP contribution in [0.4, 0.5) is 0 Å². The monoisotopic (exact) mass is 292 g/mol. The van der Waals surface area contributed by atoms with Gasteiger partial charge in [0, 0.05) is 18.8 Å². The molecule has 0 saturated carbocycles. The molecule has 21 heavy (non-hydrogen) atoms. The molecular weight excluding hydrogens is 264 g/mol. The number of rotatable bonds is 5. The third kappa shape index (κ3) is 3.92. The van der Waals surface area contributed by atoms with Gasteiger partial charge in [-0.05, 0) is 53.0 Å². The quantitative estimate of drug-likeness (QED) is 0.818. The van der Waals surface area contributed by atoms with E-state index in [1.54, 1.807) is 0 Å². The minimum atomic E-state index is 0.00258. The van der Waals surface area contributed by atoms with E-state index in [9.17, 15) is 4.79 Å². The molecule has 0 N–H and O–H groups in total. The molecule has 1 unspecified atom stereocenters. The lowest BCUT2D eigenvalue weighted by Gasteiger charge is -2.26. The topological polar surface area (TPSA) is 41.4 Å². The number of carbonyl (C=O) groups excluding carboxylic acids is 1. The number of ketones is 1. The molecule has 0 bridgehead atoms. The van der Waals surface area contributed by atoms with Crippen LogP contribution in [0.5, 0.6) is 0 Å². The number of aromatic nitrogens is 2. The van der Waals surface area contributed by atoms with Crippen molar-refractivity contribution in [3.8, 4) is 0 Å². The molecule has 1 fully saturated rings. The number of hydrogen-bond acceptors (Lipinski definition) is 4. The van der Waals surface area contributed by atoms with Crippen molar-refractivity contribution in [3.63, 3.8) is 0 Å². The molecule has 5 nitrogen and oxygen atoms in total. The van der Waals surface area contributed by atoms with Gasteiger partial charge in [0.2, 0.25) is 0 Å². The third-order valence-corrected chi connectivity index (χ3v) is 4.37. The second-order valence-electron chi connectivity index (χ2n) is 6.05. The van der Waals surface area contributed by atoms with Crippen LogP contribution in [0, 0.1) is 0 Å². The molecule has 5 heteroatoms. The number of likely N-dealkylation sites (N-methyl/N-ethyl adjacent to an activating group) is 2. The van der Waals surface area contributed by atoms with Gasteiger partial charge in [0.15, 0.2) is 5.78 Å². The highest BCUT2D eigenvalue weighted by molar-refractivity contribution is 5.86. The molecular formula is C16H28N4O. The van der Waals surface area contributed by atoms with Crippen LogP contribution in [0.1, 0.15) is 31.7 Å². The van der Waals surface area contributed by atoms with Gasteiger partial charge in [-0.15, -0.1) is 0 Å². The maximum Gasteiger partial charge on any atom is 0.157 e. The molecule has 1 atom stereocenters. The van der Waals surface area contributed by atoms with Crippen molar-refractivity contribution >= 4 is 5.78 Å². The molecule has 2 rings (SSSR count). The minimum absolute atomic E-state index is 0.00258. The number of aryl methyl sites for hydroxylation is 2. The van der Waals surface area contributed by atoms with Gasteiger partial charge in [0.25, 0.3) is 0 Å². The Morgan fingerprint density at radius 3 is 2.76 bits per heavy atom. The standard InChI is InChI=1S/C16H28N4O/c1-5-13-10-14(20(6-2)17-13)11-16(21)15-12-18(3)8-7-9-19(15)4/h10,15H,5-9,11-12H2,1-4H3. The summed E-state index contributed by atoms with van der Waals surface area (Å²) in [6.07, 6.45) is 2.54. The van der Waals surface area contributed by atoms with Crippen LogP contribution in [0.25, 0.3) is 0 Å². The molecule has 0 spiro atoms. The molecule has 0 radical (unpaired) electrons. The first-order valence-electron chi connectivity index (χ1n) is 8.02. The largest absolute Gasteiger partial charge is 0.304 e. The Bertz CT molecular complexity index is 483. The fourth-order valence-corrected chi connectivity index (χ4v) is 3.02. The average molecular weight is 292 g/mol. The number of hydrogen-bond donors (Lipinski definition) is 0. The summed E-state index contributed by atoms with van der Waals surface area (Å²) in [7, 11) is 4.17. The maximum atomic E-state index is 12.7. The van der Waals surface area contributed by atoms with Gasteiger partial charge in [0.1, 0.15) is 0 Å². The maximum absolute atomic E-state index is 12.7. The van der Waals surface area contributed by atoms with Crippen LogP contribution in [-0.2, 0) is 24.2 Å². The van der Waals surface area contributed by atoms with E-state index in [1.807, 2.05) is 4.68 Å². The summed E-state index contributed by atoms with van der Waals surface area (Å²) in [6.45, 7) is 7.89. The lowest BCUT2D eigenvalue weighted by atomic mass is 10.1. The van der Waals surface area contributed by atoms with E-state index in [4.69, 9.17) is 0 Å². The van der Waals surface area contributed by atoms with Crippen molar-refractivity contribution in [2.75, 3.05) is 33.7 Å². The predicted molar refractivity (Wildman–Crippen MR) is 84.5 cm³/mol. The molecule has 0 aromatic carbocycles. The highest BCUT2D eigenvalue weighted by atomic mass is 16.1. The van der Waals surface area contributed by atoms with Gasteiger partial charge >= 0.3 is 0 Å². The Labute approximate surface area is 127 Å². The van der Waals surface area contributed by atoms with E-state index in [0.29, 0.717) is 12.2 Å².